The molecule has 3 aromatic carbocycles. The minimum Gasteiger partial charge on any atom is -0.432 e. The van der Waals surface area contributed by atoms with E-state index in [0.717, 1.165) is 31.2 Å². The van der Waals surface area contributed by atoms with Crippen molar-refractivity contribution in [1.29, 1.82) is 0 Å². The summed E-state index contributed by atoms with van der Waals surface area (Å²) in [5.74, 6) is -1.17. The van der Waals surface area contributed by atoms with Gasteiger partial charge in [0.2, 0.25) is 0 Å². The van der Waals surface area contributed by atoms with E-state index in [4.69, 9.17) is 0 Å². The van der Waals surface area contributed by atoms with Gasteiger partial charge in [0.15, 0.2) is 11.6 Å². The molecule has 3 rings (SSSR count). The van der Waals surface area contributed by atoms with E-state index in [1.807, 2.05) is 12.1 Å². The Balaban J connectivity index is 1.72. The molecule has 26 heavy (non-hydrogen) atoms. The predicted octanol–water partition coefficient (Wildman–Crippen LogP) is 6.32. The molecule has 0 aromatic heterocycles. The van der Waals surface area contributed by atoms with Crippen molar-refractivity contribution in [2.24, 2.45) is 0 Å². The summed E-state index contributed by atoms with van der Waals surface area (Å²) in [6.45, 7) is -0.871. The van der Waals surface area contributed by atoms with Crippen molar-refractivity contribution >= 4 is 10.8 Å². The maximum Gasteiger partial charge on any atom is 0.387 e. The van der Waals surface area contributed by atoms with E-state index in [1.54, 1.807) is 12.1 Å². The van der Waals surface area contributed by atoms with Gasteiger partial charge in [-0.15, -0.1) is 0 Å². The molecule has 0 aliphatic rings. The fraction of sp³-hybridized carbons (Fsp3) is 0.273. The Hall–Kier alpha value is -2.49. The Morgan fingerprint density at radius 2 is 1.42 bits per heavy atom. The van der Waals surface area contributed by atoms with Crippen molar-refractivity contribution < 1.29 is 17.9 Å². The fourth-order valence-electron chi connectivity index (χ4n) is 3.11. The van der Waals surface area contributed by atoms with Crippen LogP contribution in [0.1, 0.15) is 30.0 Å². The third-order valence-electron chi connectivity index (χ3n) is 4.46. The third kappa shape index (κ3) is 4.37. The van der Waals surface area contributed by atoms with Crippen LogP contribution < -0.4 is 4.74 Å². The molecule has 0 radical (unpaired) electrons. The summed E-state index contributed by atoms with van der Waals surface area (Å²) in [5.41, 5.74) is 3.69. The van der Waals surface area contributed by atoms with Gasteiger partial charge < -0.3 is 4.74 Å². The molecule has 0 heterocycles. The van der Waals surface area contributed by atoms with Crippen LogP contribution in [0.25, 0.3) is 10.8 Å². The van der Waals surface area contributed by atoms with E-state index in [2.05, 4.69) is 35.9 Å². The molecule has 0 amide bonds. The van der Waals surface area contributed by atoms with Crippen LogP contribution in [0, 0.1) is 5.82 Å². The van der Waals surface area contributed by atoms with E-state index in [1.165, 1.54) is 17.2 Å². The average Bonchev–Trinajstić information content (AvgIpc) is 2.63. The van der Waals surface area contributed by atoms with Crippen LogP contribution in [0.2, 0.25) is 0 Å². The fourth-order valence-corrected chi connectivity index (χ4v) is 3.11. The van der Waals surface area contributed by atoms with Gasteiger partial charge in [0, 0.05) is 5.39 Å². The van der Waals surface area contributed by atoms with Gasteiger partial charge in [0.05, 0.1) is 0 Å². The standard InChI is InChI=1S/C22H21F3O/c1-2-3-15-4-6-16(7-5-15)8-9-17-10-12-19-18(14-17)11-13-20(21(19)23)26-22(24)25/h4-7,10-14,22H,2-3,8-9H2,1H3. The molecule has 136 valence electrons. The smallest absolute Gasteiger partial charge is 0.387 e. The first-order valence-electron chi connectivity index (χ1n) is 8.80. The first-order valence-corrected chi connectivity index (χ1v) is 8.80. The van der Waals surface area contributed by atoms with Crippen LogP contribution in [-0.4, -0.2) is 6.61 Å². The minimum absolute atomic E-state index is 0.288. The van der Waals surface area contributed by atoms with Crippen LogP contribution in [0.3, 0.4) is 0 Å². The van der Waals surface area contributed by atoms with E-state index < -0.39 is 18.2 Å². The topological polar surface area (TPSA) is 9.23 Å². The highest BCUT2D eigenvalue weighted by Gasteiger charge is 2.13. The van der Waals surface area contributed by atoms with Gasteiger partial charge in [-0.2, -0.15) is 8.78 Å². The molecule has 0 unspecified atom stereocenters. The second-order valence-electron chi connectivity index (χ2n) is 6.38. The zero-order chi connectivity index (χ0) is 18.5. The number of ether oxygens (including phenoxy) is 1. The highest BCUT2D eigenvalue weighted by molar-refractivity contribution is 5.85. The molecule has 0 fully saturated rings. The van der Waals surface area contributed by atoms with Gasteiger partial charge in [-0.05, 0) is 47.4 Å². The first kappa shape index (κ1) is 18.3. The zero-order valence-corrected chi connectivity index (χ0v) is 14.6. The summed E-state index contributed by atoms with van der Waals surface area (Å²) in [6.07, 6.45) is 3.96. The number of benzene rings is 3. The molecule has 0 aliphatic carbocycles. The SMILES string of the molecule is CCCc1ccc(CCc2ccc3c(F)c(OC(F)F)ccc3c2)cc1. The van der Waals surface area contributed by atoms with Crippen molar-refractivity contribution in [3.8, 4) is 5.75 Å². The quantitative estimate of drug-likeness (QED) is 0.480. The Labute approximate surface area is 151 Å². The van der Waals surface area contributed by atoms with Gasteiger partial charge in [-0.25, -0.2) is 4.39 Å². The van der Waals surface area contributed by atoms with Gasteiger partial charge in [0.1, 0.15) is 0 Å². The van der Waals surface area contributed by atoms with Crippen LogP contribution in [0.4, 0.5) is 13.2 Å². The number of alkyl halides is 2. The summed E-state index contributed by atoms with van der Waals surface area (Å²) in [4.78, 5) is 0. The Bertz CT molecular complexity index is 872. The summed E-state index contributed by atoms with van der Waals surface area (Å²) < 4.78 is 43.1. The molecule has 4 heteroatoms. The number of hydrogen-bond donors (Lipinski definition) is 0. The molecular formula is C22H21F3O. The Morgan fingerprint density at radius 1 is 0.808 bits per heavy atom. The summed E-state index contributed by atoms with van der Waals surface area (Å²) in [7, 11) is 0. The molecule has 1 nitrogen and oxygen atoms in total. The highest BCUT2D eigenvalue weighted by atomic mass is 19.3. The van der Waals surface area contributed by atoms with Crippen LogP contribution in [-0.2, 0) is 19.3 Å². The summed E-state index contributed by atoms with van der Waals surface area (Å²) in [5, 5.41) is 0.968. The largest absolute Gasteiger partial charge is 0.432 e. The van der Waals surface area contributed by atoms with Crippen molar-refractivity contribution in [2.45, 2.75) is 39.2 Å². The molecule has 0 bridgehead atoms. The van der Waals surface area contributed by atoms with Crippen LogP contribution in [0.5, 0.6) is 5.75 Å². The molecule has 0 N–H and O–H groups in total. The normalized spacial score (nSPS) is 11.3. The monoisotopic (exact) mass is 358 g/mol. The van der Waals surface area contributed by atoms with Crippen LogP contribution in [0.15, 0.2) is 54.6 Å². The molecule has 0 aliphatic heterocycles. The summed E-state index contributed by atoms with van der Waals surface area (Å²) in [6, 6.07) is 16.9. The lowest BCUT2D eigenvalue weighted by Crippen LogP contribution is -2.03. The van der Waals surface area contributed by atoms with Crippen molar-refractivity contribution in [3.63, 3.8) is 0 Å². The third-order valence-corrected chi connectivity index (χ3v) is 4.46. The van der Waals surface area contributed by atoms with E-state index in [-0.39, 0.29) is 5.39 Å². The van der Waals surface area contributed by atoms with Crippen LogP contribution >= 0.6 is 0 Å². The van der Waals surface area contributed by atoms with Crippen molar-refractivity contribution in [1.82, 2.24) is 0 Å². The molecular weight excluding hydrogens is 337 g/mol. The second kappa shape index (κ2) is 8.26. The maximum atomic E-state index is 14.3. The van der Waals surface area contributed by atoms with E-state index in [0.29, 0.717) is 5.39 Å². The molecule has 0 saturated heterocycles. The Morgan fingerprint density at radius 3 is 2.08 bits per heavy atom. The number of halogens is 3. The van der Waals surface area contributed by atoms with Gasteiger partial charge in [0.25, 0.3) is 0 Å². The van der Waals surface area contributed by atoms with Gasteiger partial charge in [-0.1, -0.05) is 61.9 Å². The lowest BCUT2D eigenvalue weighted by molar-refractivity contribution is -0.0520. The number of fused-ring (bicyclic) bond motifs is 1. The number of rotatable bonds is 7. The highest BCUT2D eigenvalue weighted by Crippen LogP contribution is 2.28. The molecule has 3 aromatic rings. The number of aryl methyl sites for hydroxylation is 3. The first-order chi connectivity index (χ1) is 12.6. The van der Waals surface area contributed by atoms with E-state index >= 15 is 0 Å². The van der Waals surface area contributed by atoms with Gasteiger partial charge >= 0.3 is 6.61 Å². The number of hydrogen-bond acceptors (Lipinski definition) is 1. The summed E-state index contributed by atoms with van der Waals surface area (Å²) >= 11 is 0. The van der Waals surface area contributed by atoms with Crippen molar-refractivity contribution in [2.75, 3.05) is 0 Å². The second-order valence-corrected chi connectivity index (χ2v) is 6.38. The van der Waals surface area contributed by atoms with Gasteiger partial charge in [-0.3, -0.25) is 0 Å². The molecule has 0 spiro atoms. The lowest BCUT2D eigenvalue weighted by atomic mass is 9.99. The maximum absolute atomic E-state index is 14.3. The molecule has 0 atom stereocenters. The van der Waals surface area contributed by atoms with E-state index in [9.17, 15) is 13.2 Å². The average molecular weight is 358 g/mol. The Kier molecular flexibility index (Phi) is 5.82. The minimum atomic E-state index is -3.04. The predicted molar refractivity (Wildman–Crippen MR) is 98.4 cm³/mol. The molecule has 0 saturated carbocycles. The zero-order valence-electron chi connectivity index (χ0n) is 14.6. The van der Waals surface area contributed by atoms with Crippen molar-refractivity contribution in [3.05, 3.63) is 77.1 Å². The lowest BCUT2D eigenvalue weighted by Gasteiger charge is -2.09.